The molecule has 2 aliphatic heterocycles. The summed E-state index contributed by atoms with van der Waals surface area (Å²) >= 11 is 0. The zero-order valence-electron chi connectivity index (χ0n) is 11.9. The van der Waals surface area contributed by atoms with Crippen LogP contribution in [0.2, 0.25) is 0 Å². The molecule has 110 valence electrons. The van der Waals surface area contributed by atoms with Crippen LogP contribution in [0.15, 0.2) is 23.3 Å². The van der Waals surface area contributed by atoms with Crippen molar-refractivity contribution in [3.63, 3.8) is 0 Å². The van der Waals surface area contributed by atoms with Crippen molar-refractivity contribution >= 4 is 35.8 Å². The predicted octanol–water partition coefficient (Wildman–Crippen LogP) is 1.69. The number of pyridine rings is 1. The van der Waals surface area contributed by atoms with Crippen LogP contribution in [0.1, 0.15) is 18.4 Å². The molecule has 1 saturated heterocycles. The number of aliphatic imine (C=N–C) groups is 1. The third-order valence-corrected chi connectivity index (χ3v) is 3.75. The van der Waals surface area contributed by atoms with Crippen LogP contribution in [-0.2, 0) is 6.54 Å². The molecule has 0 aliphatic carbocycles. The summed E-state index contributed by atoms with van der Waals surface area (Å²) in [7, 11) is 2.06. The minimum atomic E-state index is 0. The van der Waals surface area contributed by atoms with E-state index in [1.165, 1.54) is 18.4 Å². The fraction of sp³-hybridized carbons (Fsp3) is 0.571. The average molecular weight is 387 g/mol. The number of nitrogens with one attached hydrogen (secondary N) is 1. The molecule has 0 saturated carbocycles. The number of aromatic nitrogens is 1. The molecule has 20 heavy (non-hydrogen) atoms. The minimum Gasteiger partial charge on any atom is -0.357 e. The quantitative estimate of drug-likeness (QED) is 0.802. The highest BCUT2D eigenvalue weighted by atomic mass is 127. The van der Waals surface area contributed by atoms with Crippen molar-refractivity contribution in [2.75, 3.05) is 38.1 Å². The van der Waals surface area contributed by atoms with Crippen LogP contribution in [0.25, 0.3) is 0 Å². The van der Waals surface area contributed by atoms with Crippen molar-refractivity contribution in [3.05, 3.63) is 23.9 Å². The van der Waals surface area contributed by atoms with Gasteiger partial charge in [0.25, 0.3) is 0 Å². The molecule has 3 heterocycles. The summed E-state index contributed by atoms with van der Waals surface area (Å²) in [6.45, 7) is 4.98. The lowest BCUT2D eigenvalue weighted by Crippen LogP contribution is -2.35. The molecule has 2 aliphatic rings. The fourth-order valence-electron chi connectivity index (χ4n) is 2.56. The SMILES string of the molecule is CN1CCN=C1NCc1ccc(N2CCCC2)nc1.I. The number of likely N-dealkylation sites (N-methyl/N-ethyl adjacent to an activating group) is 1. The Kier molecular flexibility index (Phi) is 5.45. The number of hydrogen-bond acceptors (Lipinski definition) is 5. The monoisotopic (exact) mass is 387 g/mol. The van der Waals surface area contributed by atoms with E-state index in [2.05, 4.69) is 44.3 Å². The van der Waals surface area contributed by atoms with Crippen molar-refractivity contribution < 1.29 is 0 Å². The van der Waals surface area contributed by atoms with Crippen LogP contribution in [0.3, 0.4) is 0 Å². The first-order chi connectivity index (χ1) is 9.33. The molecule has 1 fully saturated rings. The Hall–Kier alpha value is -1.05. The van der Waals surface area contributed by atoms with E-state index in [0.29, 0.717) is 0 Å². The standard InChI is InChI=1S/C14H21N5.HI/c1-18-9-6-15-14(18)17-11-12-4-5-13(16-10-12)19-7-2-3-8-19;/h4-5,10H,2-3,6-9,11H2,1H3,(H,15,17);1H. The maximum Gasteiger partial charge on any atom is 0.194 e. The zero-order chi connectivity index (χ0) is 13.1. The highest BCUT2D eigenvalue weighted by molar-refractivity contribution is 14.0. The van der Waals surface area contributed by atoms with Crippen molar-refractivity contribution in [1.82, 2.24) is 15.2 Å². The van der Waals surface area contributed by atoms with Gasteiger partial charge >= 0.3 is 0 Å². The number of rotatable bonds is 3. The summed E-state index contributed by atoms with van der Waals surface area (Å²) in [4.78, 5) is 13.5. The molecule has 0 bridgehead atoms. The number of nitrogens with zero attached hydrogens (tertiary/aromatic N) is 4. The molecule has 0 radical (unpaired) electrons. The first-order valence-corrected chi connectivity index (χ1v) is 7.02. The second-order valence-corrected chi connectivity index (χ2v) is 5.20. The lowest BCUT2D eigenvalue weighted by molar-refractivity contribution is 0.534. The van der Waals surface area contributed by atoms with Crippen molar-refractivity contribution in [2.24, 2.45) is 4.99 Å². The second-order valence-electron chi connectivity index (χ2n) is 5.20. The van der Waals surface area contributed by atoms with Gasteiger partial charge in [-0.1, -0.05) is 6.07 Å². The Morgan fingerprint density at radius 3 is 2.60 bits per heavy atom. The smallest absolute Gasteiger partial charge is 0.194 e. The molecule has 0 amide bonds. The first kappa shape index (κ1) is 15.3. The topological polar surface area (TPSA) is 43.8 Å². The largest absolute Gasteiger partial charge is 0.357 e. The van der Waals surface area contributed by atoms with E-state index >= 15 is 0 Å². The molecule has 0 atom stereocenters. The van der Waals surface area contributed by atoms with Gasteiger partial charge in [-0.15, -0.1) is 24.0 Å². The minimum absolute atomic E-state index is 0. The maximum absolute atomic E-state index is 4.56. The van der Waals surface area contributed by atoms with E-state index in [4.69, 9.17) is 0 Å². The normalized spacial score (nSPS) is 17.9. The Morgan fingerprint density at radius 1 is 1.20 bits per heavy atom. The first-order valence-electron chi connectivity index (χ1n) is 7.02. The van der Waals surface area contributed by atoms with Crippen LogP contribution >= 0.6 is 24.0 Å². The molecule has 6 heteroatoms. The van der Waals surface area contributed by atoms with E-state index in [0.717, 1.165) is 44.5 Å². The van der Waals surface area contributed by atoms with Gasteiger partial charge < -0.3 is 15.1 Å². The second kappa shape index (κ2) is 7.10. The molecular weight excluding hydrogens is 365 g/mol. The summed E-state index contributed by atoms with van der Waals surface area (Å²) in [5.41, 5.74) is 1.20. The highest BCUT2D eigenvalue weighted by Crippen LogP contribution is 2.17. The van der Waals surface area contributed by atoms with Crippen LogP contribution in [0.4, 0.5) is 5.82 Å². The van der Waals surface area contributed by atoms with Gasteiger partial charge in [-0.25, -0.2) is 4.98 Å². The lowest BCUT2D eigenvalue weighted by Gasteiger charge is -2.17. The van der Waals surface area contributed by atoms with Gasteiger partial charge in [-0.2, -0.15) is 0 Å². The summed E-state index contributed by atoms with van der Waals surface area (Å²) < 4.78 is 0. The number of anilines is 1. The van der Waals surface area contributed by atoms with Crippen molar-refractivity contribution in [1.29, 1.82) is 0 Å². The van der Waals surface area contributed by atoms with Gasteiger partial charge in [0.15, 0.2) is 5.96 Å². The third kappa shape index (κ3) is 3.53. The van der Waals surface area contributed by atoms with Crippen molar-refractivity contribution in [3.8, 4) is 0 Å². The fourth-order valence-corrected chi connectivity index (χ4v) is 2.56. The van der Waals surface area contributed by atoms with Crippen LogP contribution < -0.4 is 10.2 Å². The van der Waals surface area contributed by atoms with Gasteiger partial charge in [0.2, 0.25) is 0 Å². The lowest BCUT2D eigenvalue weighted by atomic mass is 10.3. The maximum atomic E-state index is 4.56. The Balaban J connectivity index is 0.00000147. The van der Waals surface area contributed by atoms with Gasteiger partial charge in [0.1, 0.15) is 5.82 Å². The van der Waals surface area contributed by atoms with Crippen LogP contribution in [0, 0.1) is 0 Å². The van der Waals surface area contributed by atoms with E-state index in [1.54, 1.807) is 0 Å². The van der Waals surface area contributed by atoms with Crippen LogP contribution in [0.5, 0.6) is 0 Å². The third-order valence-electron chi connectivity index (χ3n) is 3.75. The van der Waals surface area contributed by atoms with Gasteiger partial charge in [0, 0.05) is 39.4 Å². The molecule has 1 aromatic heterocycles. The molecular formula is C14H22IN5. The van der Waals surface area contributed by atoms with Crippen LogP contribution in [-0.4, -0.2) is 49.1 Å². The molecule has 1 N–H and O–H groups in total. The molecule has 0 unspecified atom stereocenters. The molecule has 5 nitrogen and oxygen atoms in total. The number of halogens is 1. The van der Waals surface area contributed by atoms with E-state index < -0.39 is 0 Å². The summed E-state index contributed by atoms with van der Waals surface area (Å²) in [5, 5.41) is 3.36. The number of hydrogen-bond donors (Lipinski definition) is 1. The van der Waals surface area contributed by atoms with E-state index in [-0.39, 0.29) is 24.0 Å². The molecule has 0 aromatic carbocycles. The van der Waals surface area contributed by atoms with E-state index in [1.807, 2.05) is 6.20 Å². The predicted molar refractivity (Wildman–Crippen MR) is 92.9 cm³/mol. The molecule has 3 rings (SSSR count). The summed E-state index contributed by atoms with van der Waals surface area (Å²) in [6.07, 6.45) is 4.55. The van der Waals surface area contributed by atoms with E-state index in [9.17, 15) is 0 Å². The Bertz CT molecular complexity index is 453. The van der Waals surface area contributed by atoms with Gasteiger partial charge in [0.05, 0.1) is 6.54 Å². The van der Waals surface area contributed by atoms with Gasteiger partial charge in [-0.05, 0) is 24.5 Å². The van der Waals surface area contributed by atoms with Gasteiger partial charge in [-0.3, -0.25) is 4.99 Å². The Morgan fingerprint density at radius 2 is 2.00 bits per heavy atom. The molecule has 0 spiro atoms. The highest BCUT2D eigenvalue weighted by Gasteiger charge is 2.14. The summed E-state index contributed by atoms with van der Waals surface area (Å²) in [6, 6.07) is 4.28. The van der Waals surface area contributed by atoms with Crippen molar-refractivity contribution in [2.45, 2.75) is 19.4 Å². The number of guanidine groups is 1. The molecule has 1 aromatic rings. The Labute approximate surface area is 137 Å². The summed E-state index contributed by atoms with van der Waals surface area (Å²) in [5.74, 6) is 2.10. The zero-order valence-corrected chi connectivity index (χ0v) is 14.2. The average Bonchev–Trinajstić information content (AvgIpc) is 3.09.